The Kier molecular flexibility index (Phi) is 5.22. The van der Waals surface area contributed by atoms with Crippen molar-refractivity contribution in [2.75, 3.05) is 18.4 Å². The Bertz CT molecular complexity index is 915. The van der Waals surface area contributed by atoms with E-state index in [0.29, 0.717) is 5.92 Å². The minimum Gasteiger partial charge on any atom is -0.316 e. The highest BCUT2D eigenvalue weighted by atomic mass is 32.1. The van der Waals surface area contributed by atoms with Crippen LogP contribution >= 0.6 is 11.3 Å². The van der Waals surface area contributed by atoms with Crippen LogP contribution in [0.15, 0.2) is 30.6 Å². The number of anilines is 2. The highest BCUT2D eigenvalue weighted by Gasteiger charge is 2.23. The van der Waals surface area contributed by atoms with Gasteiger partial charge in [0.25, 0.3) is 0 Å². The molecule has 0 radical (unpaired) electrons. The third kappa shape index (κ3) is 4.36. The number of aromatic nitrogens is 4. The van der Waals surface area contributed by atoms with Crippen molar-refractivity contribution in [2.45, 2.75) is 39.2 Å². The molecule has 142 valence electrons. The Balaban J connectivity index is 1.44. The molecule has 7 heteroatoms. The molecule has 3 aromatic heterocycles. The summed E-state index contributed by atoms with van der Waals surface area (Å²) in [5.74, 6) is 1.34. The van der Waals surface area contributed by atoms with Gasteiger partial charge in [-0.25, -0.2) is 9.97 Å². The summed E-state index contributed by atoms with van der Waals surface area (Å²) in [5.41, 5.74) is 3.62. The van der Waals surface area contributed by atoms with Crippen LogP contribution in [0.5, 0.6) is 0 Å². The lowest BCUT2D eigenvalue weighted by atomic mass is 9.94. The lowest BCUT2D eigenvalue weighted by molar-refractivity contribution is 0.198. The van der Waals surface area contributed by atoms with E-state index >= 15 is 0 Å². The third-order valence-electron chi connectivity index (χ3n) is 5.06. The van der Waals surface area contributed by atoms with Crippen LogP contribution in [0.2, 0.25) is 0 Å². The number of hydrogen-bond donors (Lipinski definition) is 1. The standard InChI is InChI=1S/C20H26N6S/c1-14-10-21-20(27-14)23-19-8-4-7-18(22-19)16-6-5-9-26(12-16)13-17-11-25(3)24-15(17)2/h4,7-8,10-11,16H,5-6,9,12-13H2,1-3H3,(H,21,22,23)/t16-/m1/s1. The molecular weight excluding hydrogens is 356 g/mol. The second kappa shape index (κ2) is 7.78. The number of piperidine rings is 1. The average Bonchev–Trinajstić information content (AvgIpc) is 3.20. The van der Waals surface area contributed by atoms with Crippen molar-refractivity contribution in [2.24, 2.45) is 7.05 Å². The van der Waals surface area contributed by atoms with E-state index in [4.69, 9.17) is 4.98 Å². The first-order chi connectivity index (χ1) is 13.1. The van der Waals surface area contributed by atoms with Gasteiger partial charge in [0.2, 0.25) is 0 Å². The van der Waals surface area contributed by atoms with Gasteiger partial charge in [0, 0.05) is 54.6 Å². The van der Waals surface area contributed by atoms with Crippen molar-refractivity contribution in [3.63, 3.8) is 0 Å². The number of hydrogen-bond acceptors (Lipinski definition) is 6. The van der Waals surface area contributed by atoms with Gasteiger partial charge >= 0.3 is 0 Å². The van der Waals surface area contributed by atoms with E-state index in [-0.39, 0.29) is 0 Å². The molecule has 0 aliphatic carbocycles. The Morgan fingerprint density at radius 2 is 2.19 bits per heavy atom. The predicted molar refractivity (Wildman–Crippen MR) is 110 cm³/mol. The average molecular weight is 383 g/mol. The number of nitrogens with zero attached hydrogens (tertiary/aromatic N) is 5. The van der Waals surface area contributed by atoms with Gasteiger partial charge < -0.3 is 5.32 Å². The molecule has 0 bridgehead atoms. The second-order valence-corrected chi connectivity index (χ2v) is 8.57. The molecule has 0 unspecified atom stereocenters. The topological polar surface area (TPSA) is 58.9 Å². The maximum Gasteiger partial charge on any atom is 0.188 e. The summed E-state index contributed by atoms with van der Waals surface area (Å²) in [6.07, 6.45) is 6.42. The van der Waals surface area contributed by atoms with Gasteiger partial charge in [0.1, 0.15) is 5.82 Å². The third-order valence-corrected chi connectivity index (χ3v) is 5.89. The number of likely N-dealkylation sites (tertiary alicyclic amines) is 1. The van der Waals surface area contributed by atoms with Crippen molar-refractivity contribution in [3.05, 3.63) is 52.4 Å². The van der Waals surface area contributed by atoms with Crippen molar-refractivity contribution in [3.8, 4) is 0 Å². The molecule has 4 heterocycles. The number of nitrogens with one attached hydrogen (secondary N) is 1. The number of aryl methyl sites for hydroxylation is 3. The summed E-state index contributed by atoms with van der Waals surface area (Å²) in [7, 11) is 1.99. The van der Waals surface area contributed by atoms with Crippen LogP contribution in [0, 0.1) is 13.8 Å². The van der Waals surface area contributed by atoms with Crippen molar-refractivity contribution >= 4 is 22.3 Å². The van der Waals surface area contributed by atoms with Crippen molar-refractivity contribution in [1.82, 2.24) is 24.6 Å². The molecule has 1 fully saturated rings. The molecule has 1 N–H and O–H groups in total. The number of pyridine rings is 1. The predicted octanol–water partition coefficient (Wildman–Crippen LogP) is 4.01. The quantitative estimate of drug-likeness (QED) is 0.722. The van der Waals surface area contributed by atoms with Gasteiger partial charge in [-0.05, 0) is 45.4 Å². The highest BCUT2D eigenvalue weighted by Crippen LogP contribution is 2.28. The first kappa shape index (κ1) is 18.1. The van der Waals surface area contributed by atoms with Crippen molar-refractivity contribution in [1.29, 1.82) is 0 Å². The summed E-state index contributed by atoms with van der Waals surface area (Å²) in [6, 6.07) is 6.26. The van der Waals surface area contributed by atoms with E-state index in [0.717, 1.165) is 36.3 Å². The fourth-order valence-corrected chi connectivity index (χ4v) is 4.43. The molecule has 6 nitrogen and oxygen atoms in total. The zero-order valence-corrected chi connectivity index (χ0v) is 17.0. The Labute approximate surface area is 164 Å². The van der Waals surface area contributed by atoms with Gasteiger partial charge in [-0.2, -0.15) is 5.10 Å². The maximum atomic E-state index is 4.88. The van der Waals surface area contributed by atoms with Crippen LogP contribution in [-0.4, -0.2) is 37.7 Å². The van der Waals surface area contributed by atoms with E-state index in [9.17, 15) is 0 Å². The molecule has 3 aromatic rings. The SMILES string of the molecule is Cc1cnc(Nc2cccc([C@@H]3CCCN(Cc4cn(C)nc4C)C3)n2)s1. The monoisotopic (exact) mass is 382 g/mol. The summed E-state index contributed by atoms with van der Waals surface area (Å²) in [6.45, 7) is 7.30. The highest BCUT2D eigenvalue weighted by molar-refractivity contribution is 7.15. The fraction of sp³-hybridized carbons (Fsp3) is 0.450. The molecule has 1 aliphatic heterocycles. The molecule has 4 rings (SSSR count). The van der Waals surface area contributed by atoms with E-state index < -0.39 is 0 Å². The lowest BCUT2D eigenvalue weighted by Gasteiger charge is -2.32. The van der Waals surface area contributed by atoms with E-state index in [1.165, 1.54) is 29.0 Å². The van der Waals surface area contributed by atoms with Gasteiger partial charge in [0.15, 0.2) is 5.13 Å². The zero-order chi connectivity index (χ0) is 18.8. The van der Waals surface area contributed by atoms with Crippen LogP contribution in [0.1, 0.15) is 40.6 Å². The first-order valence-corrected chi connectivity index (χ1v) is 10.3. The van der Waals surface area contributed by atoms with Crippen LogP contribution in [0.25, 0.3) is 0 Å². The van der Waals surface area contributed by atoms with Crippen LogP contribution in [0.4, 0.5) is 10.9 Å². The first-order valence-electron chi connectivity index (χ1n) is 9.45. The number of rotatable bonds is 5. The Morgan fingerprint density at radius 3 is 2.93 bits per heavy atom. The fourth-order valence-electron chi connectivity index (χ4n) is 3.76. The van der Waals surface area contributed by atoms with Crippen LogP contribution in [0.3, 0.4) is 0 Å². The van der Waals surface area contributed by atoms with E-state index in [2.05, 4.69) is 52.5 Å². The van der Waals surface area contributed by atoms with Gasteiger partial charge in [-0.1, -0.05) is 6.07 Å². The van der Waals surface area contributed by atoms with Gasteiger partial charge in [-0.15, -0.1) is 11.3 Å². The summed E-state index contributed by atoms with van der Waals surface area (Å²) in [4.78, 5) is 13.0. The largest absolute Gasteiger partial charge is 0.316 e. The molecular formula is C20H26N6S. The Hall–Kier alpha value is -2.25. The minimum absolute atomic E-state index is 0.468. The molecule has 1 atom stereocenters. The molecule has 1 saturated heterocycles. The molecule has 0 spiro atoms. The molecule has 0 aromatic carbocycles. The van der Waals surface area contributed by atoms with Crippen LogP contribution < -0.4 is 5.32 Å². The van der Waals surface area contributed by atoms with Gasteiger partial charge in [-0.3, -0.25) is 9.58 Å². The molecule has 27 heavy (non-hydrogen) atoms. The molecule has 1 aliphatic rings. The molecule has 0 amide bonds. The van der Waals surface area contributed by atoms with Crippen LogP contribution in [-0.2, 0) is 13.6 Å². The van der Waals surface area contributed by atoms with Gasteiger partial charge in [0.05, 0.1) is 5.69 Å². The summed E-state index contributed by atoms with van der Waals surface area (Å²) < 4.78 is 1.91. The summed E-state index contributed by atoms with van der Waals surface area (Å²) >= 11 is 1.65. The van der Waals surface area contributed by atoms with E-state index in [1.54, 1.807) is 11.3 Å². The maximum absolute atomic E-state index is 4.88. The van der Waals surface area contributed by atoms with Crippen molar-refractivity contribution < 1.29 is 0 Å². The summed E-state index contributed by atoms with van der Waals surface area (Å²) in [5, 5.41) is 8.71. The lowest BCUT2D eigenvalue weighted by Crippen LogP contribution is -2.34. The second-order valence-electron chi connectivity index (χ2n) is 7.34. The zero-order valence-electron chi connectivity index (χ0n) is 16.1. The minimum atomic E-state index is 0.468. The normalized spacial score (nSPS) is 18.0. The smallest absolute Gasteiger partial charge is 0.188 e. The molecule has 0 saturated carbocycles. The van der Waals surface area contributed by atoms with E-state index in [1.807, 2.05) is 24.0 Å². The Morgan fingerprint density at radius 1 is 1.30 bits per heavy atom. The number of thiazole rings is 1.